The number of halogens is 1. The topological polar surface area (TPSA) is 76.8 Å². The van der Waals surface area contributed by atoms with E-state index in [1.807, 2.05) is 51.0 Å². The average molecular weight is 485 g/mol. The fourth-order valence-electron chi connectivity index (χ4n) is 3.05. The molecule has 31 heavy (non-hydrogen) atoms. The molecule has 3 aromatic rings. The van der Waals surface area contributed by atoms with Crippen LogP contribution in [-0.4, -0.2) is 35.9 Å². The van der Waals surface area contributed by atoms with Gasteiger partial charge in [0.2, 0.25) is 0 Å². The van der Waals surface area contributed by atoms with Gasteiger partial charge in [-0.25, -0.2) is 4.98 Å². The van der Waals surface area contributed by atoms with Crippen molar-refractivity contribution in [1.29, 1.82) is 0 Å². The van der Waals surface area contributed by atoms with Gasteiger partial charge in [0.25, 0.3) is 5.56 Å². The van der Waals surface area contributed by atoms with E-state index in [4.69, 9.17) is 9.72 Å². The van der Waals surface area contributed by atoms with Gasteiger partial charge in [0.05, 0.1) is 17.1 Å². The number of aromatic nitrogens is 2. The third-order valence-electron chi connectivity index (χ3n) is 4.97. The Balaban J connectivity index is 2.17. The predicted molar refractivity (Wildman–Crippen MR) is 127 cm³/mol. The molecule has 0 fully saturated rings. The number of hydrogen-bond donors (Lipinski definition) is 0. The van der Waals surface area contributed by atoms with Crippen LogP contribution in [0.15, 0.2) is 50.8 Å². The SMILES string of the molecule is CC[C@H](C)c1nc2ccc(Br)cc2c(=O)n1N=Cc1ccc(N(C)C)cc1OC(C)=O. The van der Waals surface area contributed by atoms with Crippen LogP contribution >= 0.6 is 15.9 Å². The summed E-state index contributed by atoms with van der Waals surface area (Å²) in [5.41, 5.74) is 1.84. The third kappa shape index (κ3) is 5.02. The molecule has 0 saturated heterocycles. The lowest BCUT2D eigenvalue weighted by Gasteiger charge is -2.16. The molecule has 3 rings (SSSR count). The second-order valence-corrected chi connectivity index (χ2v) is 8.43. The van der Waals surface area contributed by atoms with Crippen LogP contribution in [0.1, 0.15) is 44.5 Å². The summed E-state index contributed by atoms with van der Waals surface area (Å²) >= 11 is 3.41. The van der Waals surface area contributed by atoms with E-state index < -0.39 is 5.97 Å². The van der Waals surface area contributed by atoms with E-state index >= 15 is 0 Å². The van der Waals surface area contributed by atoms with Gasteiger partial charge in [-0.2, -0.15) is 9.78 Å². The molecular weight excluding hydrogens is 460 g/mol. The molecule has 0 aliphatic heterocycles. The maximum atomic E-state index is 13.2. The molecule has 0 unspecified atom stereocenters. The Morgan fingerprint density at radius 1 is 1.29 bits per heavy atom. The van der Waals surface area contributed by atoms with E-state index in [0.717, 1.165) is 16.6 Å². The summed E-state index contributed by atoms with van der Waals surface area (Å²) in [6.07, 6.45) is 2.33. The number of benzene rings is 2. The van der Waals surface area contributed by atoms with E-state index in [1.165, 1.54) is 17.8 Å². The molecule has 0 saturated carbocycles. The Hall–Kier alpha value is -3.00. The van der Waals surface area contributed by atoms with Gasteiger partial charge in [-0.3, -0.25) is 9.59 Å². The first-order valence-electron chi connectivity index (χ1n) is 9.97. The number of esters is 1. The third-order valence-corrected chi connectivity index (χ3v) is 5.46. The number of nitrogens with zero attached hydrogens (tertiary/aromatic N) is 4. The van der Waals surface area contributed by atoms with Gasteiger partial charge < -0.3 is 9.64 Å². The lowest BCUT2D eigenvalue weighted by molar-refractivity contribution is -0.131. The minimum Gasteiger partial charge on any atom is -0.426 e. The molecule has 0 aliphatic carbocycles. The van der Waals surface area contributed by atoms with Crippen molar-refractivity contribution in [2.24, 2.45) is 5.10 Å². The van der Waals surface area contributed by atoms with Crippen LogP contribution in [0.3, 0.4) is 0 Å². The van der Waals surface area contributed by atoms with Gasteiger partial charge >= 0.3 is 5.97 Å². The number of carbonyl (C=O) groups is 1. The standard InChI is InChI=1S/C23H25BrN4O3/c1-6-14(2)22-26-20-10-8-17(24)11-19(20)23(30)28(22)25-13-16-7-9-18(27(4)5)12-21(16)31-15(3)29/h7-14H,6H2,1-5H3/t14-/m0/s1. The number of ether oxygens (including phenoxy) is 1. The normalized spacial score (nSPS) is 12.3. The number of rotatable bonds is 6. The van der Waals surface area contributed by atoms with Crippen LogP contribution in [0.4, 0.5) is 5.69 Å². The number of fused-ring (bicyclic) bond motifs is 1. The Labute approximate surface area is 189 Å². The Morgan fingerprint density at radius 3 is 2.68 bits per heavy atom. The average Bonchev–Trinajstić information content (AvgIpc) is 2.73. The first kappa shape index (κ1) is 22.7. The summed E-state index contributed by atoms with van der Waals surface area (Å²) < 4.78 is 7.50. The Bertz CT molecular complexity index is 1220. The highest BCUT2D eigenvalue weighted by Gasteiger charge is 2.16. The smallest absolute Gasteiger partial charge is 0.308 e. The zero-order valence-electron chi connectivity index (χ0n) is 18.2. The van der Waals surface area contributed by atoms with E-state index in [-0.39, 0.29) is 11.5 Å². The molecule has 0 aliphatic rings. The molecule has 0 bridgehead atoms. The Kier molecular flexibility index (Phi) is 6.90. The highest BCUT2D eigenvalue weighted by molar-refractivity contribution is 9.10. The fraction of sp³-hybridized carbons (Fsp3) is 0.304. The van der Waals surface area contributed by atoms with E-state index in [0.29, 0.717) is 28.0 Å². The van der Waals surface area contributed by atoms with Crippen LogP contribution in [0, 0.1) is 0 Å². The molecule has 162 valence electrons. The second-order valence-electron chi connectivity index (χ2n) is 7.51. The van der Waals surface area contributed by atoms with E-state index in [9.17, 15) is 9.59 Å². The summed E-state index contributed by atoms with van der Waals surface area (Å²) in [6, 6.07) is 10.9. The fourth-order valence-corrected chi connectivity index (χ4v) is 3.41. The number of anilines is 1. The van der Waals surface area contributed by atoms with Crippen molar-refractivity contribution in [3.05, 3.63) is 62.6 Å². The maximum Gasteiger partial charge on any atom is 0.308 e. The first-order valence-corrected chi connectivity index (χ1v) is 10.8. The van der Waals surface area contributed by atoms with Crippen LogP contribution < -0.4 is 15.2 Å². The molecule has 8 heteroatoms. The molecule has 1 atom stereocenters. The van der Waals surface area contributed by atoms with Gasteiger partial charge in [-0.1, -0.05) is 29.8 Å². The summed E-state index contributed by atoms with van der Waals surface area (Å²) in [5, 5.41) is 4.94. The molecule has 1 aromatic heterocycles. The van der Waals surface area contributed by atoms with Crippen LogP contribution in [0.25, 0.3) is 10.9 Å². The largest absolute Gasteiger partial charge is 0.426 e. The van der Waals surface area contributed by atoms with Crippen molar-refractivity contribution in [3.8, 4) is 5.75 Å². The minimum atomic E-state index is -0.430. The molecule has 0 radical (unpaired) electrons. The summed E-state index contributed by atoms with van der Waals surface area (Å²) in [7, 11) is 3.80. The zero-order chi connectivity index (χ0) is 22.7. The quantitative estimate of drug-likeness (QED) is 0.291. The molecule has 1 heterocycles. The first-order chi connectivity index (χ1) is 14.7. The van der Waals surface area contributed by atoms with Crippen LogP contribution in [0.5, 0.6) is 5.75 Å². The molecule has 0 amide bonds. The van der Waals surface area contributed by atoms with Crippen molar-refractivity contribution < 1.29 is 9.53 Å². The van der Waals surface area contributed by atoms with Gasteiger partial charge in [0.15, 0.2) is 0 Å². The molecule has 7 nitrogen and oxygen atoms in total. The Morgan fingerprint density at radius 2 is 2.03 bits per heavy atom. The summed E-state index contributed by atoms with van der Waals surface area (Å²) in [4.78, 5) is 31.4. The van der Waals surface area contributed by atoms with Gasteiger partial charge in [-0.05, 0) is 36.8 Å². The lowest BCUT2D eigenvalue weighted by atomic mass is 10.1. The van der Waals surface area contributed by atoms with Crippen molar-refractivity contribution in [3.63, 3.8) is 0 Å². The van der Waals surface area contributed by atoms with Crippen molar-refractivity contribution in [1.82, 2.24) is 9.66 Å². The minimum absolute atomic E-state index is 0.0296. The van der Waals surface area contributed by atoms with E-state index in [1.54, 1.807) is 18.2 Å². The highest BCUT2D eigenvalue weighted by atomic mass is 79.9. The summed E-state index contributed by atoms with van der Waals surface area (Å²) in [5.74, 6) is 0.553. The maximum absolute atomic E-state index is 13.2. The molecule has 0 spiro atoms. The highest BCUT2D eigenvalue weighted by Crippen LogP contribution is 2.25. The van der Waals surface area contributed by atoms with Crippen molar-refractivity contribution in [2.45, 2.75) is 33.1 Å². The van der Waals surface area contributed by atoms with Gasteiger partial charge in [0.1, 0.15) is 11.6 Å². The lowest BCUT2D eigenvalue weighted by Crippen LogP contribution is -2.23. The van der Waals surface area contributed by atoms with E-state index in [2.05, 4.69) is 21.0 Å². The molecular formula is C23H25BrN4O3. The van der Waals surface area contributed by atoms with Crippen LogP contribution in [-0.2, 0) is 4.79 Å². The number of carbonyl (C=O) groups excluding carboxylic acids is 1. The van der Waals surface area contributed by atoms with Gasteiger partial charge in [-0.15, -0.1) is 0 Å². The second kappa shape index (κ2) is 9.43. The van der Waals surface area contributed by atoms with Crippen molar-refractivity contribution >= 4 is 44.7 Å². The summed E-state index contributed by atoms with van der Waals surface area (Å²) in [6.45, 7) is 5.39. The van der Waals surface area contributed by atoms with Crippen molar-refractivity contribution in [2.75, 3.05) is 19.0 Å². The zero-order valence-corrected chi connectivity index (χ0v) is 19.8. The molecule has 2 aromatic carbocycles. The van der Waals surface area contributed by atoms with Gasteiger partial charge in [0, 0.05) is 48.7 Å². The van der Waals surface area contributed by atoms with Crippen LogP contribution in [0.2, 0.25) is 0 Å². The predicted octanol–water partition coefficient (Wildman–Crippen LogP) is 4.55. The number of hydrogen-bond acceptors (Lipinski definition) is 6. The molecule has 0 N–H and O–H groups in total. The monoisotopic (exact) mass is 484 g/mol.